The molecular weight excluding hydrogens is 246 g/mol. The number of benzene rings is 1. The maximum atomic E-state index is 10.8. The maximum Gasteiger partial charge on any atom is 0.273 e. The number of rotatable bonds is 8. The van der Waals surface area contributed by atoms with Crippen LogP contribution in [0.15, 0.2) is 30.9 Å². The molecule has 0 spiro atoms. The van der Waals surface area contributed by atoms with Gasteiger partial charge in [-0.2, -0.15) is 0 Å². The predicted molar refractivity (Wildman–Crippen MR) is 71.5 cm³/mol. The number of nitro groups is 1. The van der Waals surface area contributed by atoms with Crippen molar-refractivity contribution in [2.45, 2.75) is 25.4 Å². The van der Waals surface area contributed by atoms with Crippen LogP contribution in [0.25, 0.3) is 0 Å². The Kier molecular flexibility index (Phi) is 4.52. The van der Waals surface area contributed by atoms with Gasteiger partial charge in [-0.05, 0) is 30.9 Å². The summed E-state index contributed by atoms with van der Waals surface area (Å²) in [5.41, 5.74) is 1.04. The van der Waals surface area contributed by atoms with Gasteiger partial charge >= 0.3 is 0 Å². The highest BCUT2D eigenvalue weighted by molar-refractivity contribution is 5.44. The third-order valence-electron chi connectivity index (χ3n) is 2.99. The molecule has 1 unspecified atom stereocenters. The van der Waals surface area contributed by atoms with E-state index in [1.54, 1.807) is 12.1 Å². The molecule has 0 bridgehead atoms. The summed E-state index contributed by atoms with van der Waals surface area (Å²) >= 11 is 0. The first-order chi connectivity index (χ1) is 9.20. The lowest BCUT2D eigenvalue weighted by Gasteiger charge is -2.09. The first-order valence-corrected chi connectivity index (χ1v) is 6.33. The van der Waals surface area contributed by atoms with Gasteiger partial charge in [-0.15, -0.1) is 0 Å². The molecule has 5 nitrogen and oxygen atoms in total. The van der Waals surface area contributed by atoms with Crippen LogP contribution in [0.1, 0.15) is 18.4 Å². The molecule has 0 amide bonds. The molecule has 0 N–H and O–H groups in total. The Balaban J connectivity index is 2.04. The Hall–Kier alpha value is -1.88. The van der Waals surface area contributed by atoms with E-state index in [1.165, 1.54) is 12.1 Å². The fourth-order valence-electron chi connectivity index (χ4n) is 1.90. The van der Waals surface area contributed by atoms with E-state index < -0.39 is 4.92 Å². The lowest BCUT2D eigenvalue weighted by molar-refractivity contribution is -0.384. The molecule has 0 aromatic heterocycles. The third kappa shape index (κ3) is 4.06. The van der Waals surface area contributed by atoms with Gasteiger partial charge in [0, 0.05) is 6.07 Å². The van der Waals surface area contributed by atoms with E-state index in [2.05, 4.69) is 6.58 Å². The second-order valence-corrected chi connectivity index (χ2v) is 4.50. The summed E-state index contributed by atoms with van der Waals surface area (Å²) in [6.07, 6.45) is 4.89. The van der Waals surface area contributed by atoms with E-state index in [0.717, 1.165) is 31.4 Å². The highest BCUT2D eigenvalue weighted by Crippen LogP contribution is 2.27. The Labute approximate surface area is 112 Å². The molecule has 1 atom stereocenters. The zero-order chi connectivity index (χ0) is 13.7. The lowest BCUT2D eigenvalue weighted by atomic mass is 10.1. The number of ether oxygens (including phenoxy) is 2. The van der Waals surface area contributed by atoms with E-state index in [0.29, 0.717) is 18.5 Å². The van der Waals surface area contributed by atoms with Gasteiger partial charge in [-0.3, -0.25) is 10.1 Å². The third-order valence-corrected chi connectivity index (χ3v) is 2.99. The first-order valence-electron chi connectivity index (χ1n) is 6.33. The smallest absolute Gasteiger partial charge is 0.273 e. The maximum absolute atomic E-state index is 10.8. The molecule has 19 heavy (non-hydrogen) atoms. The summed E-state index contributed by atoms with van der Waals surface area (Å²) in [7, 11) is 0. The number of nitrogens with zero attached hydrogens (tertiary/aromatic N) is 1. The summed E-state index contributed by atoms with van der Waals surface area (Å²) in [5, 5.41) is 10.8. The fraction of sp³-hybridized carbons (Fsp3) is 0.429. The minimum Gasteiger partial charge on any atom is -0.489 e. The van der Waals surface area contributed by atoms with E-state index in [9.17, 15) is 10.1 Å². The first kappa shape index (κ1) is 13.5. The number of non-ortho nitro benzene ring substituents is 1. The van der Waals surface area contributed by atoms with Gasteiger partial charge in [0.15, 0.2) is 0 Å². The van der Waals surface area contributed by atoms with E-state index in [1.807, 2.05) is 0 Å². The van der Waals surface area contributed by atoms with Gasteiger partial charge in [-0.25, -0.2) is 0 Å². The molecule has 1 fully saturated rings. The van der Waals surface area contributed by atoms with Crippen LogP contribution in [0.4, 0.5) is 5.69 Å². The van der Waals surface area contributed by atoms with Crippen LogP contribution in [-0.2, 0) is 11.2 Å². The zero-order valence-electron chi connectivity index (χ0n) is 10.7. The van der Waals surface area contributed by atoms with Crippen molar-refractivity contribution in [3.63, 3.8) is 0 Å². The topological polar surface area (TPSA) is 64.9 Å². The quantitative estimate of drug-likeness (QED) is 0.313. The van der Waals surface area contributed by atoms with Crippen molar-refractivity contribution in [2.75, 3.05) is 13.2 Å². The van der Waals surface area contributed by atoms with Gasteiger partial charge in [0.1, 0.15) is 12.4 Å². The van der Waals surface area contributed by atoms with Crippen LogP contribution in [0.5, 0.6) is 5.75 Å². The van der Waals surface area contributed by atoms with Crippen molar-refractivity contribution < 1.29 is 14.4 Å². The van der Waals surface area contributed by atoms with Crippen molar-refractivity contribution in [2.24, 2.45) is 0 Å². The number of aryl methyl sites for hydroxylation is 1. The molecule has 2 rings (SSSR count). The Morgan fingerprint density at radius 2 is 2.37 bits per heavy atom. The van der Waals surface area contributed by atoms with Gasteiger partial charge in [-0.1, -0.05) is 12.7 Å². The van der Waals surface area contributed by atoms with Crippen LogP contribution in [-0.4, -0.2) is 24.2 Å². The molecule has 102 valence electrons. The molecule has 1 aliphatic rings. The van der Waals surface area contributed by atoms with Gasteiger partial charge in [0.2, 0.25) is 0 Å². The molecule has 1 aromatic carbocycles. The largest absolute Gasteiger partial charge is 0.489 e. The highest BCUT2D eigenvalue weighted by atomic mass is 16.6. The van der Waals surface area contributed by atoms with Crippen LogP contribution < -0.4 is 4.74 Å². The summed E-state index contributed by atoms with van der Waals surface area (Å²) in [6, 6.07) is 4.76. The summed E-state index contributed by atoms with van der Waals surface area (Å²) in [4.78, 5) is 10.3. The average Bonchev–Trinajstić information content (AvgIpc) is 3.21. The second-order valence-electron chi connectivity index (χ2n) is 4.50. The molecule has 5 heteroatoms. The SMILES string of the molecule is C=CCOc1cc([N+](=O)[O-])ccc1CCCC1CO1. The Morgan fingerprint density at radius 1 is 1.58 bits per heavy atom. The number of hydrogen-bond acceptors (Lipinski definition) is 4. The normalized spacial score (nSPS) is 16.9. The van der Waals surface area contributed by atoms with Crippen molar-refractivity contribution in [3.8, 4) is 5.75 Å². The van der Waals surface area contributed by atoms with E-state index in [-0.39, 0.29) is 5.69 Å². The van der Waals surface area contributed by atoms with Crippen molar-refractivity contribution in [1.82, 2.24) is 0 Å². The summed E-state index contributed by atoms with van der Waals surface area (Å²) in [6.45, 7) is 4.79. The minimum atomic E-state index is -0.414. The highest BCUT2D eigenvalue weighted by Gasteiger charge is 2.21. The van der Waals surface area contributed by atoms with Crippen molar-refractivity contribution in [3.05, 3.63) is 46.5 Å². The van der Waals surface area contributed by atoms with Crippen LogP contribution in [0.2, 0.25) is 0 Å². The summed E-state index contributed by atoms with van der Waals surface area (Å²) in [5.74, 6) is 0.575. The van der Waals surface area contributed by atoms with Gasteiger partial charge in [0.05, 0.1) is 23.7 Å². The molecule has 1 saturated heterocycles. The second kappa shape index (κ2) is 6.33. The number of epoxide rings is 1. The monoisotopic (exact) mass is 263 g/mol. The number of hydrogen-bond donors (Lipinski definition) is 0. The Morgan fingerprint density at radius 3 is 3.00 bits per heavy atom. The lowest BCUT2D eigenvalue weighted by Crippen LogP contribution is -2.00. The molecule has 1 aliphatic heterocycles. The number of nitro benzene ring substituents is 1. The van der Waals surface area contributed by atoms with Gasteiger partial charge in [0.25, 0.3) is 5.69 Å². The van der Waals surface area contributed by atoms with Crippen LogP contribution in [0.3, 0.4) is 0 Å². The van der Waals surface area contributed by atoms with Crippen LogP contribution >= 0.6 is 0 Å². The zero-order valence-corrected chi connectivity index (χ0v) is 10.7. The van der Waals surface area contributed by atoms with Crippen molar-refractivity contribution in [1.29, 1.82) is 0 Å². The van der Waals surface area contributed by atoms with Gasteiger partial charge < -0.3 is 9.47 Å². The molecule has 0 aliphatic carbocycles. The average molecular weight is 263 g/mol. The van der Waals surface area contributed by atoms with E-state index >= 15 is 0 Å². The van der Waals surface area contributed by atoms with Crippen LogP contribution in [0, 0.1) is 10.1 Å². The molecule has 1 aromatic rings. The Bertz CT molecular complexity index is 469. The molecular formula is C14H17NO4. The summed E-state index contributed by atoms with van der Waals surface area (Å²) < 4.78 is 10.7. The minimum absolute atomic E-state index is 0.0494. The van der Waals surface area contributed by atoms with Crippen molar-refractivity contribution >= 4 is 5.69 Å². The fourth-order valence-corrected chi connectivity index (χ4v) is 1.90. The molecule has 0 radical (unpaired) electrons. The molecule has 1 heterocycles. The molecule has 0 saturated carbocycles. The standard InChI is InChI=1S/C14H17NO4/c1-2-8-18-14-9-12(15(16)17)7-6-11(14)4-3-5-13-10-19-13/h2,6-7,9,13H,1,3-5,8,10H2. The predicted octanol–water partition coefficient (Wildman–Crippen LogP) is 2.88. The van der Waals surface area contributed by atoms with E-state index in [4.69, 9.17) is 9.47 Å².